The maximum atomic E-state index is 12.4. The number of hydrogen-bond donors (Lipinski definition) is 4. The van der Waals surface area contributed by atoms with Gasteiger partial charge in [0.15, 0.2) is 0 Å². The smallest absolute Gasteiger partial charge is 0.406 e. The first-order valence-corrected chi connectivity index (χ1v) is 10.7. The van der Waals surface area contributed by atoms with E-state index in [0.29, 0.717) is 25.2 Å². The van der Waals surface area contributed by atoms with Gasteiger partial charge in [0.05, 0.1) is 6.17 Å². The summed E-state index contributed by atoms with van der Waals surface area (Å²) in [7, 11) is 2.04. The van der Waals surface area contributed by atoms with Crippen LogP contribution < -0.4 is 10.1 Å². The molecule has 0 aliphatic carbocycles. The Morgan fingerprint density at radius 2 is 1.94 bits per heavy atom. The molecule has 3 unspecified atom stereocenters. The van der Waals surface area contributed by atoms with Gasteiger partial charge >= 0.3 is 6.36 Å². The van der Waals surface area contributed by atoms with Crippen LogP contribution in [0.1, 0.15) is 31.9 Å². The minimum atomic E-state index is -4.82. The molecule has 0 spiro atoms. The fourth-order valence-electron chi connectivity index (χ4n) is 5.12. The third-order valence-electron chi connectivity index (χ3n) is 7.15. The molecule has 3 heterocycles. The zero-order valence-corrected chi connectivity index (χ0v) is 18.2. The zero-order chi connectivity index (χ0) is 23.4. The van der Waals surface area contributed by atoms with Gasteiger partial charge in [-0.2, -0.15) is 0 Å². The van der Waals surface area contributed by atoms with Gasteiger partial charge in [-0.05, 0) is 45.0 Å². The summed E-state index contributed by atoms with van der Waals surface area (Å²) in [6.07, 6.45) is -8.63. The molecule has 180 valence electrons. The topological polar surface area (TPSA) is 97.7 Å². The number of fused-ring (bicyclic) bond motifs is 1. The van der Waals surface area contributed by atoms with Crippen LogP contribution in [0.5, 0.6) is 5.75 Å². The molecule has 3 fully saturated rings. The average Bonchev–Trinajstić information content (AvgIpc) is 3.23. The number of nitrogens with one attached hydrogen (secondary N) is 1. The average molecular weight is 461 g/mol. The highest BCUT2D eigenvalue weighted by molar-refractivity contribution is 5.30. The van der Waals surface area contributed by atoms with Crippen molar-refractivity contribution < 1.29 is 38.0 Å². The molecule has 8 nitrogen and oxygen atoms in total. The molecule has 0 saturated carbocycles. The van der Waals surface area contributed by atoms with Gasteiger partial charge in [-0.1, -0.05) is 12.1 Å². The molecule has 11 heteroatoms. The number of aliphatic hydroxyl groups excluding tert-OH is 2. The molecular formula is C21H30F3N3O5. The van der Waals surface area contributed by atoms with Crippen LogP contribution in [0.2, 0.25) is 0 Å². The fourth-order valence-corrected chi connectivity index (χ4v) is 5.12. The van der Waals surface area contributed by atoms with Crippen LogP contribution in [0.15, 0.2) is 24.3 Å². The predicted molar refractivity (Wildman–Crippen MR) is 107 cm³/mol. The highest BCUT2D eigenvalue weighted by Gasteiger charge is 2.59. The van der Waals surface area contributed by atoms with Crippen LogP contribution in [-0.2, 0) is 4.74 Å². The Kier molecular flexibility index (Phi) is 6.21. The molecule has 1 aromatic rings. The Hall–Kier alpha value is -1.47. The first-order chi connectivity index (χ1) is 14.9. The first-order valence-electron chi connectivity index (χ1n) is 10.7. The van der Waals surface area contributed by atoms with E-state index in [9.17, 15) is 28.5 Å². The van der Waals surface area contributed by atoms with Crippen LogP contribution in [0, 0.1) is 5.92 Å². The highest BCUT2D eigenvalue weighted by Crippen LogP contribution is 2.43. The Bertz CT molecular complexity index is 809. The second-order valence-corrected chi connectivity index (χ2v) is 9.17. The Morgan fingerprint density at radius 1 is 1.28 bits per heavy atom. The largest absolute Gasteiger partial charge is 0.573 e. The number of rotatable bonds is 4. The van der Waals surface area contributed by atoms with Crippen molar-refractivity contribution in [3.63, 3.8) is 0 Å². The fraction of sp³-hybridized carbons (Fsp3) is 0.714. The lowest BCUT2D eigenvalue weighted by Gasteiger charge is -2.43. The Balaban J connectivity index is 1.50. The number of likely N-dealkylation sites (tertiary alicyclic amines) is 1. The van der Waals surface area contributed by atoms with Crippen LogP contribution in [-0.4, -0.2) is 88.0 Å². The molecule has 1 aromatic carbocycles. The summed E-state index contributed by atoms with van der Waals surface area (Å²) in [4.78, 5) is 4.20. The van der Waals surface area contributed by atoms with Crippen molar-refractivity contribution in [1.82, 2.24) is 15.1 Å². The molecule has 0 aromatic heterocycles. The number of alkyl halides is 3. The van der Waals surface area contributed by atoms with Crippen molar-refractivity contribution in [2.24, 2.45) is 5.92 Å². The van der Waals surface area contributed by atoms with Gasteiger partial charge < -0.3 is 24.8 Å². The molecule has 0 amide bonds. The quantitative estimate of drug-likeness (QED) is 0.527. The van der Waals surface area contributed by atoms with E-state index in [-0.39, 0.29) is 11.7 Å². The van der Waals surface area contributed by atoms with Gasteiger partial charge in [-0.25, -0.2) is 0 Å². The van der Waals surface area contributed by atoms with E-state index in [1.54, 1.807) is 0 Å². The number of ether oxygens (including phenoxy) is 2. The SMILES string of the molecule is CC1C2CCN([C@@H]3O[C@H]([C@H](O)c4ccc(OC(F)(F)F)cc4)[C@@](C)(O)[C@H]3O)C2NCN1C. The zero-order valence-electron chi connectivity index (χ0n) is 18.2. The standard InChI is InChI=1S/C21H30F3N3O5/c1-11-14-8-9-27(18(14)25-10-26(11)3)19-16(29)20(2,30)17(31-19)15(28)12-4-6-13(7-5-12)32-21(22,23)24/h4-7,11,14-19,25,28-30H,8-10H2,1-3H3/t11?,14?,15-,16+,17-,18?,19-,20+/m1/s1. The molecule has 3 aliphatic rings. The number of aliphatic hydroxyl groups is 3. The van der Waals surface area contributed by atoms with Gasteiger partial charge in [-0.15, -0.1) is 13.2 Å². The summed E-state index contributed by atoms with van der Waals surface area (Å²) < 4.78 is 47.0. The van der Waals surface area contributed by atoms with Crippen molar-refractivity contribution in [3.8, 4) is 5.75 Å². The number of hydrogen-bond acceptors (Lipinski definition) is 8. The van der Waals surface area contributed by atoms with Crippen LogP contribution >= 0.6 is 0 Å². The van der Waals surface area contributed by atoms with Gasteiger partial charge in [0.25, 0.3) is 0 Å². The lowest BCUT2D eigenvalue weighted by molar-refractivity contribution is -0.274. The minimum absolute atomic E-state index is 0.0358. The molecule has 3 aliphatic heterocycles. The minimum Gasteiger partial charge on any atom is -0.406 e. The van der Waals surface area contributed by atoms with E-state index >= 15 is 0 Å². The van der Waals surface area contributed by atoms with Gasteiger partial charge in [-0.3, -0.25) is 15.1 Å². The molecule has 4 rings (SSSR count). The van der Waals surface area contributed by atoms with E-state index in [2.05, 4.69) is 21.9 Å². The third-order valence-corrected chi connectivity index (χ3v) is 7.15. The molecular weight excluding hydrogens is 431 g/mol. The number of benzene rings is 1. The second kappa shape index (κ2) is 8.39. The van der Waals surface area contributed by atoms with Gasteiger partial charge in [0.1, 0.15) is 35.9 Å². The summed E-state index contributed by atoms with van der Waals surface area (Å²) in [6, 6.07) is 5.05. The van der Waals surface area contributed by atoms with E-state index in [4.69, 9.17) is 4.74 Å². The molecule has 3 saturated heterocycles. The van der Waals surface area contributed by atoms with Crippen LogP contribution in [0.3, 0.4) is 0 Å². The summed E-state index contributed by atoms with van der Waals surface area (Å²) in [5, 5.41) is 36.2. The molecule has 32 heavy (non-hydrogen) atoms. The maximum Gasteiger partial charge on any atom is 0.573 e. The van der Waals surface area contributed by atoms with E-state index in [1.807, 2.05) is 11.9 Å². The van der Waals surface area contributed by atoms with Crippen LogP contribution in [0.4, 0.5) is 13.2 Å². The molecule has 8 atom stereocenters. The lowest BCUT2D eigenvalue weighted by atomic mass is 9.88. The van der Waals surface area contributed by atoms with E-state index in [0.717, 1.165) is 18.6 Å². The summed E-state index contributed by atoms with van der Waals surface area (Å²) >= 11 is 0. The van der Waals surface area contributed by atoms with Crippen molar-refractivity contribution in [3.05, 3.63) is 29.8 Å². The number of nitrogens with zero attached hydrogens (tertiary/aromatic N) is 2. The van der Waals surface area contributed by atoms with Gasteiger partial charge in [0.2, 0.25) is 0 Å². The maximum absolute atomic E-state index is 12.4. The lowest BCUT2D eigenvalue weighted by Crippen LogP contribution is -2.62. The van der Waals surface area contributed by atoms with Crippen LogP contribution in [0.25, 0.3) is 0 Å². The monoisotopic (exact) mass is 461 g/mol. The second-order valence-electron chi connectivity index (χ2n) is 9.17. The first kappa shape index (κ1) is 23.7. The Morgan fingerprint density at radius 3 is 2.56 bits per heavy atom. The van der Waals surface area contributed by atoms with Gasteiger partial charge in [0, 0.05) is 25.2 Å². The molecule has 0 radical (unpaired) electrons. The Labute approximate surface area is 184 Å². The molecule has 4 N–H and O–H groups in total. The highest BCUT2D eigenvalue weighted by atomic mass is 19.4. The van der Waals surface area contributed by atoms with E-state index < -0.39 is 42.3 Å². The summed E-state index contributed by atoms with van der Waals surface area (Å²) in [5.41, 5.74) is -1.54. The number of halogens is 3. The predicted octanol–water partition coefficient (Wildman–Crippen LogP) is 0.984. The van der Waals surface area contributed by atoms with Crippen molar-refractivity contribution in [1.29, 1.82) is 0 Å². The third kappa shape index (κ3) is 4.23. The van der Waals surface area contributed by atoms with Crippen molar-refractivity contribution >= 4 is 0 Å². The van der Waals surface area contributed by atoms with Crippen molar-refractivity contribution in [2.45, 2.75) is 69.0 Å². The van der Waals surface area contributed by atoms with E-state index in [1.165, 1.54) is 19.1 Å². The summed E-state index contributed by atoms with van der Waals surface area (Å²) in [6.45, 7) is 4.88. The molecule has 0 bridgehead atoms. The normalized spacial score (nSPS) is 39.8. The summed E-state index contributed by atoms with van der Waals surface area (Å²) in [5.74, 6) is -0.101. The van der Waals surface area contributed by atoms with Crippen molar-refractivity contribution in [2.75, 3.05) is 20.3 Å².